The van der Waals surface area contributed by atoms with E-state index in [-0.39, 0.29) is 0 Å². The minimum atomic E-state index is 0.442. The molecular formula is C18H21NO2S. The zero-order chi connectivity index (χ0) is 15.2. The van der Waals surface area contributed by atoms with E-state index in [0.717, 1.165) is 18.0 Å². The first kappa shape index (κ1) is 15.3. The number of hydrogen-bond donors (Lipinski definition) is 1. The zero-order valence-electron chi connectivity index (χ0n) is 12.7. The molecule has 0 saturated heterocycles. The van der Waals surface area contributed by atoms with Gasteiger partial charge in [-0.2, -0.15) is 0 Å². The molecule has 3 rings (SSSR count). The van der Waals surface area contributed by atoms with Crippen LogP contribution in [0.2, 0.25) is 0 Å². The average molecular weight is 315 g/mol. The van der Waals surface area contributed by atoms with Crippen LogP contribution in [-0.4, -0.2) is 26.0 Å². The van der Waals surface area contributed by atoms with Gasteiger partial charge in [-0.3, -0.25) is 0 Å². The van der Waals surface area contributed by atoms with Crippen molar-refractivity contribution in [2.75, 3.05) is 26.0 Å². The van der Waals surface area contributed by atoms with E-state index in [2.05, 4.69) is 29.6 Å². The largest absolute Gasteiger partial charge is 0.497 e. The molecule has 1 aliphatic heterocycles. The maximum Gasteiger partial charge on any atom is 0.119 e. The number of nitrogens with one attached hydrogen (secondary N) is 1. The van der Waals surface area contributed by atoms with Crippen molar-refractivity contribution in [3.8, 4) is 11.5 Å². The topological polar surface area (TPSA) is 30.5 Å². The molecule has 1 N–H and O–H groups in total. The van der Waals surface area contributed by atoms with Crippen LogP contribution in [0.15, 0.2) is 53.4 Å². The molecule has 22 heavy (non-hydrogen) atoms. The second kappa shape index (κ2) is 7.56. The number of rotatable bonds is 6. The third-order valence-electron chi connectivity index (χ3n) is 3.78. The lowest BCUT2D eigenvalue weighted by molar-refractivity contribution is 0.303. The van der Waals surface area contributed by atoms with E-state index in [4.69, 9.17) is 9.47 Å². The Morgan fingerprint density at radius 2 is 1.86 bits per heavy atom. The van der Waals surface area contributed by atoms with E-state index in [0.29, 0.717) is 12.6 Å². The Balaban J connectivity index is 1.47. The molecule has 4 heteroatoms. The van der Waals surface area contributed by atoms with Gasteiger partial charge in [0.2, 0.25) is 0 Å². The van der Waals surface area contributed by atoms with Gasteiger partial charge in [-0.1, -0.05) is 18.2 Å². The number of fused-ring (bicyclic) bond motifs is 1. The van der Waals surface area contributed by atoms with Crippen LogP contribution in [0.3, 0.4) is 0 Å². The van der Waals surface area contributed by atoms with Crippen molar-refractivity contribution in [3.63, 3.8) is 0 Å². The van der Waals surface area contributed by atoms with Gasteiger partial charge in [0.1, 0.15) is 18.1 Å². The molecule has 0 saturated carbocycles. The fourth-order valence-electron chi connectivity index (χ4n) is 2.63. The first-order valence-electron chi connectivity index (χ1n) is 7.59. The molecule has 0 fully saturated rings. The summed E-state index contributed by atoms with van der Waals surface area (Å²) < 4.78 is 10.9. The molecule has 1 atom stereocenters. The Hall–Kier alpha value is -1.65. The van der Waals surface area contributed by atoms with E-state index in [9.17, 15) is 0 Å². The zero-order valence-corrected chi connectivity index (χ0v) is 13.6. The van der Waals surface area contributed by atoms with Crippen LogP contribution in [0.4, 0.5) is 0 Å². The van der Waals surface area contributed by atoms with Crippen molar-refractivity contribution in [1.29, 1.82) is 0 Å². The molecule has 1 unspecified atom stereocenters. The third kappa shape index (κ3) is 3.76. The van der Waals surface area contributed by atoms with Crippen molar-refractivity contribution in [3.05, 3.63) is 54.1 Å². The number of benzene rings is 2. The molecule has 2 aromatic rings. The fraction of sp³-hybridized carbons (Fsp3) is 0.333. The standard InChI is InChI=1S/C18H21NO2S/c1-20-14-6-8-15(9-7-14)21-12-11-19-17-10-13-22-18-5-3-2-4-16(17)18/h2-9,17,19H,10-13H2,1H3. The second-order valence-corrected chi connectivity index (χ2v) is 6.34. The van der Waals surface area contributed by atoms with Crippen molar-refractivity contribution >= 4 is 11.8 Å². The van der Waals surface area contributed by atoms with Gasteiger partial charge >= 0.3 is 0 Å². The average Bonchev–Trinajstić information content (AvgIpc) is 2.59. The number of methoxy groups -OCH3 is 1. The highest BCUT2D eigenvalue weighted by atomic mass is 32.2. The fourth-order valence-corrected chi connectivity index (χ4v) is 3.75. The summed E-state index contributed by atoms with van der Waals surface area (Å²) in [7, 11) is 1.67. The molecule has 0 aromatic heterocycles. The van der Waals surface area contributed by atoms with Crippen molar-refractivity contribution in [1.82, 2.24) is 5.32 Å². The Kier molecular flexibility index (Phi) is 5.24. The summed E-state index contributed by atoms with van der Waals surface area (Å²) in [6, 6.07) is 16.8. The number of hydrogen-bond acceptors (Lipinski definition) is 4. The Bertz CT molecular complexity index is 600. The minimum Gasteiger partial charge on any atom is -0.497 e. The predicted molar refractivity (Wildman–Crippen MR) is 91.0 cm³/mol. The van der Waals surface area contributed by atoms with Crippen LogP contribution in [0.25, 0.3) is 0 Å². The summed E-state index contributed by atoms with van der Waals surface area (Å²) in [5.41, 5.74) is 1.42. The summed E-state index contributed by atoms with van der Waals surface area (Å²) in [4.78, 5) is 1.40. The maximum atomic E-state index is 5.76. The molecule has 0 bridgehead atoms. The number of ether oxygens (including phenoxy) is 2. The predicted octanol–water partition coefficient (Wildman–Crippen LogP) is 3.90. The van der Waals surface area contributed by atoms with Gasteiger partial charge in [-0.25, -0.2) is 0 Å². The molecule has 0 aliphatic carbocycles. The van der Waals surface area contributed by atoms with Crippen molar-refractivity contribution in [2.45, 2.75) is 17.4 Å². The summed E-state index contributed by atoms with van der Waals surface area (Å²) in [5, 5.41) is 3.61. The first-order chi connectivity index (χ1) is 10.9. The maximum absolute atomic E-state index is 5.76. The van der Waals surface area contributed by atoms with Crippen LogP contribution in [0.5, 0.6) is 11.5 Å². The van der Waals surface area contributed by atoms with Gasteiger partial charge in [-0.05, 0) is 48.1 Å². The van der Waals surface area contributed by atoms with E-state index in [1.54, 1.807) is 7.11 Å². The molecule has 0 amide bonds. The first-order valence-corrected chi connectivity index (χ1v) is 8.57. The van der Waals surface area contributed by atoms with E-state index in [1.807, 2.05) is 36.0 Å². The van der Waals surface area contributed by atoms with E-state index in [1.165, 1.54) is 22.6 Å². The molecule has 3 nitrogen and oxygen atoms in total. The van der Waals surface area contributed by atoms with Crippen LogP contribution in [-0.2, 0) is 0 Å². The van der Waals surface area contributed by atoms with E-state index >= 15 is 0 Å². The van der Waals surface area contributed by atoms with Crippen LogP contribution in [0, 0.1) is 0 Å². The molecule has 0 radical (unpaired) electrons. The van der Waals surface area contributed by atoms with Crippen LogP contribution < -0.4 is 14.8 Å². The van der Waals surface area contributed by atoms with Crippen LogP contribution in [0.1, 0.15) is 18.0 Å². The molecule has 2 aromatic carbocycles. The second-order valence-electron chi connectivity index (χ2n) is 5.21. The minimum absolute atomic E-state index is 0.442. The molecule has 1 heterocycles. The van der Waals surface area contributed by atoms with Crippen LogP contribution >= 0.6 is 11.8 Å². The monoisotopic (exact) mass is 315 g/mol. The van der Waals surface area contributed by atoms with Gasteiger partial charge < -0.3 is 14.8 Å². The number of thioether (sulfide) groups is 1. The SMILES string of the molecule is COc1ccc(OCCNC2CCSc3ccccc32)cc1. The lowest BCUT2D eigenvalue weighted by atomic mass is 10.0. The lowest BCUT2D eigenvalue weighted by Gasteiger charge is -2.26. The lowest BCUT2D eigenvalue weighted by Crippen LogP contribution is -2.28. The summed E-state index contributed by atoms with van der Waals surface area (Å²) in [5.74, 6) is 2.90. The third-order valence-corrected chi connectivity index (χ3v) is 4.90. The van der Waals surface area contributed by atoms with Gasteiger partial charge in [-0.15, -0.1) is 11.8 Å². The molecule has 116 valence electrons. The van der Waals surface area contributed by atoms with E-state index < -0.39 is 0 Å². The van der Waals surface area contributed by atoms with Gasteiger partial charge in [0.15, 0.2) is 0 Å². The quantitative estimate of drug-likeness (QED) is 0.819. The van der Waals surface area contributed by atoms with Gasteiger partial charge in [0.05, 0.1) is 7.11 Å². The van der Waals surface area contributed by atoms with Gasteiger partial charge in [0, 0.05) is 17.5 Å². The Morgan fingerprint density at radius 1 is 1.09 bits per heavy atom. The highest BCUT2D eigenvalue weighted by Gasteiger charge is 2.19. The van der Waals surface area contributed by atoms with Crippen molar-refractivity contribution < 1.29 is 9.47 Å². The molecular weight excluding hydrogens is 294 g/mol. The van der Waals surface area contributed by atoms with Crippen molar-refractivity contribution in [2.24, 2.45) is 0 Å². The summed E-state index contributed by atoms with van der Waals surface area (Å²) >= 11 is 1.95. The highest BCUT2D eigenvalue weighted by Crippen LogP contribution is 2.35. The highest BCUT2D eigenvalue weighted by molar-refractivity contribution is 7.99. The summed E-state index contributed by atoms with van der Waals surface area (Å²) in [6.07, 6.45) is 1.17. The smallest absolute Gasteiger partial charge is 0.119 e. The Labute approximate surface area is 136 Å². The Morgan fingerprint density at radius 3 is 2.68 bits per heavy atom. The molecule has 1 aliphatic rings. The molecule has 0 spiro atoms. The summed E-state index contributed by atoms with van der Waals surface area (Å²) in [6.45, 7) is 1.51. The van der Waals surface area contributed by atoms with Gasteiger partial charge in [0.25, 0.3) is 0 Å². The normalized spacial score (nSPS) is 16.9.